The van der Waals surface area contributed by atoms with Crippen molar-refractivity contribution in [2.45, 2.75) is 126 Å². The van der Waals surface area contributed by atoms with Gasteiger partial charge in [0, 0.05) is 0 Å². The molecule has 0 spiro atoms. The van der Waals surface area contributed by atoms with Crippen LogP contribution in [0.3, 0.4) is 0 Å². The highest BCUT2D eigenvalue weighted by atomic mass is 16.5. The maximum absolute atomic E-state index is 6.66. The molecule has 0 aromatic heterocycles. The van der Waals surface area contributed by atoms with Crippen LogP contribution in [-0.4, -0.2) is 44.9 Å². The summed E-state index contributed by atoms with van der Waals surface area (Å²) < 4.78 is 7.64. The van der Waals surface area contributed by atoms with Gasteiger partial charge in [0.15, 0.2) is 0 Å². The van der Waals surface area contributed by atoms with Gasteiger partial charge in [0.2, 0.25) is 0 Å². The van der Waals surface area contributed by atoms with Crippen molar-refractivity contribution in [3.05, 3.63) is 22.8 Å². The van der Waals surface area contributed by atoms with Crippen molar-refractivity contribution in [1.29, 1.82) is 0 Å². The van der Waals surface area contributed by atoms with E-state index in [1.807, 2.05) is 11.1 Å². The largest absolute Gasteiger partial charge is 0.372 e. The monoisotopic (exact) mass is 512 g/mol. The van der Waals surface area contributed by atoms with E-state index in [1.165, 1.54) is 69.8 Å². The third kappa shape index (κ3) is 5.05. The molecule has 0 aromatic carbocycles. The summed E-state index contributed by atoms with van der Waals surface area (Å²) in [6.45, 7) is 22.2. The Labute approximate surface area is 231 Å². The van der Waals surface area contributed by atoms with Crippen LogP contribution in [0.5, 0.6) is 0 Å². The molecule has 37 heavy (non-hydrogen) atoms. The van der Waals surface area contributed by atoms with Gasteiger partial charge in [0.05, 0.1) is 33.9 Å². The van der Waals surface area contributed by atoms with Crippen LogP contribution in [0.1, 0.15) is 120 Å². The molecule has 7 atom stereocenters. The molecule has 0 radical (unpaired) electrons. The second-order valence-electron chi connectivity index (χ2n) is 16.4. The first-order chi connectivity index (χ1) is 17.1. The van der Waals surface area contributed by atoms with E-state index >= 15 is 0 Å². The van der Waals surface area contributed by atoms with Gasteiger partial charge in [0.1, 0.15) is 6.54 Å². The van der Waals surface area contributed by atoms with Crippen LogP contribution in [0.15, 0.2) is 22.8 Å². The maximum Gasteiger partial charge on any atom is 0.102 e. The second kappa shape index (κ2) is 10.1. The van der Waals surface area contributed by atoms with E-state index in [0.717, 1.165) is 35.4 Å². The first-order valence-corrected chi connectivity index (χ1v) is 15.8. The third-order valence-electron chi connectivity index (χ3n) is 12.7. The fourth-order valence-electron chi connectivity index (χ4n) is 10.2. The summed E-state index contributed by atoms with van der Waals surface area (Å²) in [6, 6.07) is 0. The lowest BCUT2D eigenvalue weighted by atomic mass is 9.43. The van der Waals surface area contributed by atoms with Gasteiger partial charge in [-0.1, -0.05) is 64.3 Å². The van der Waals surface area contributed by atoms with Crippen LogP contribution >= 0.6 is 0 Å². The van der Waals surface area contributed by atoms with Gasteiger partial charge < -0.3 is 9.22 Å². The minimum Gasteiger partial charge on any atom is -0.372 e. The van der Waals surface area contributed by atoms with Crippen molar-refractivity contribution in [3.63, 3.8) is 0 Å². The van der Waals surface area contributed by atoms with Crippen LogP contribution in [0, 0.1) is 39.4 Å². The molecule has 0 N–H and O–H groups in total. The van der Waals surface area contributed by atoms with Crippen LogP contribution < -0.4 is 0 Å². The number of allylic oxidation sites excluding steroid dienone is 4. The lowest BCUT2D eigenvalue weighted by Gasteiger charge is -2.62. The fourth-order valence-corrected chi connectivity index (χ4v) is 10.2. The zero-order valence-electron chi connectivity index (χ0n) is 26.7. The molecule has 2 nitrogen and oxygen atoms in total. The molecule has 4 rings (SSSR count). The lowest BCUT2D eigenvalue weighted by molar-refractivity contribution is -0.870. The number of hydrogen-bond donors (Lipinski definition) is 0. The zero-order valence-corrected chi connectivity index (χ0v) is 26.7. The van der Waals surface area contributed by atoms with Gasteiger partial charge in [-0.05, 0) is 117 Å². The SMILES string of the molecule is CC(C)=CCC[C@@H](C)[C@H]1CC[C@@]2(C)C3=C(CC[C@]12C)[C@@]1(C)CC[C@H](OCC[N+](C)(C)C)C(C)(C)[C@@H]1CC3. The van der Waals surface area contributed by atoms with Crippen LogP contribution in [-0.2, 0) is 4.74 Å². The topological polar surface area (TPSA) is 9.23 Å². The van der Waals surface area contributed by atoms with E-state index in [2.05, 4.69) is 82.6 Å². The van der Waals surface area contributed by atoms with E-state index < -0.39 is 0 Å². The molecule has 0 saturated heterocycles. The van der Waals surface area contributed by atoms with Crippen molar-refractivity contribution in [3.8, 4) is 0 Å². The van der Waals surface area contributed by atoms with Crippen molar-refractivity contribution in [1.82, 2.24) is 0 Å². The number of ether oxygens (including phenoxy) is 1. The Hall–Kier alpha value is -0.600. The number of rotatable bonds is 8. The number of nitrogens with zero attached hydrogens (tertiary/aromatic N) is 1. The van der Waals surface area contributed by atoms with E-state index in [-0.39, 0.29) is 5.41 Å². The molecule has 2 saturated carbocycles. The first-order valence-electron chi connectivity index (χ1n) is 15.8. The van der Waals surface area contributed by atoms with Gasteiger partial charge in [-0.15, -0.1) is 0 Å². The Morgan fingerprint density at radius 1 is 0.946 bits per heavy atom. The fraction of sp³-hybridized carbons (Fsp3) is 0.886. The Balaban J connectivity index is 1.56. The molecule has 4 aliphatic rings. The average molecular weight is 513 g/mol. The molecule has 0 bridgehead atoms. The van der Waals surface area contributed by atoms with Crippen LogP contribution in [0.4, 0.5) is 0 Å². The Bertz CT molecular complexity index is 901. The molecule has 0 aliphatic heterocycles. The van der Waals surface area contributed by atoms with Gasteiger partial charge >= 0.3 is 0 Å². The lowest BCUT2D eigenvalue weighted by Crippen LogP contribution is -2.56. The molecule has 2 heteroatoms. The highest BCUT2D eigenvalue weighted by Crippen LogP contribution is 2.72. The molecule has 0 amide bonds. The van der Waals surface area contributed by atoms with Crippen molar-refractivity contribution >= 4 is 0 Å². The quantitative estimate of drug-likeness (QED) is 0.233. The zero-order chi connectivity index (χ0) is 27.4. The van der Waals surface area contributed by atoms with Gasteiger partial charge in [-0.25, -0.2) is 0 Å². The number of hydrogen-bond acceptors (Lipinski definition) is 1. The van der Waals surface area contributed by atoms with E-state index in [4.69, 9.17) is 4.74 Å². The number of fused-ring (bicyclic) bond motifs is 4. The molecular weight excluding hydrogens is 450 g/mol. The maximum atomic E-state index is 6.66. The predicted octanol–water partition coefficient (Wildman–Crippen LogP) is 9.21. The molecule has 0 heterocycles. The highest BCUT2D eigenvalue weighted by Gasteiger charge is 2.63. The minimum atomic E-state index is 0.246. The average Bonchev–Trinajstić information content (AvgIpc) is 3.05. The summed E-state index contributed by atoms with van der Waals surface area (Å²) in [5.74, 6) is 2.45. The summed E-state index contributed by atoms with van der Waals surface area (Å²) in [4.78, 5) is 0. The normalized spacial score (nSPS) is 40.0. The van der Waals surface area contributed by atoms with Crippen LogP contribution in [0.25, 0.3) is 0 Å². The first kappa shape index (κ1) is 29.4. The van der Waals surface area contributed by atoms with Gasteiger partial charge in [-0.2, -0.15) is 0 Å². The van der Waals surface area contributed by atoms with Crippen LogP contribution in [0.2, 0.25) is 0 Å². The molecule has 2 fully saturated rings. The Kier molecular flexibility index (Phi) is 8.02. The standard InChI is InChI=1S/C35H62NO/c1-25(2)13-12-14-26(3)27-17-21-35(8)29-15-16-30-32(4,5)31(37-24-23-36(9,10)11)19-20-33(30,6)28(29)18-22-34(27,35)7/h13,26-27,30-31H,12,14-24H2,1-11H3/q+1/t26-,27-,30+,31+,33-,34-,35+/m1/s1. The molecule has 0 unspecified atom stereocenters. The molecule has 4 aliphatic carbocycles. The smallest absolute Gasteiger partial charge is 0.102 e. The Morgan fingerprint density at radius 2 is 1.65 bits per heavy atom. The summed E-state index contributed by atoms with van der Waals surface area (Å²) >= 11 is 0. The molecular formula is C35H62NO+. The van der Waals surface area contributed by atoms with Crippen molar-refractivity contribution in [2.75, 3.05) is 34.3 Å². The molecule has 212 valence electrons. The summed E-state index contributed by atoms with van der Waals surface area (Å²) in [7, 11) is 6.82. The second-order valence-corrected chi connectivity index (χ2v) is 16.4. The van der Waals surface area contributed by atoms with Gasteiger partial charge in [-0.3, -0.25) is 0 Å². The van der Waals surface area contributed by atoms with E-state index in [9.17, 15) is 0 Å². The number of quaternary nitrogens is 1. The Morgan fingerprint density at radius 3 is 2.30 bits per heavy atom. The van der Waals surface area contributed by atoms with Gasteiger partial charge in [0.25, 0.3) is 0 Å². The van der Waals surface area contributed by atoms with E-state index in [1.54, 1.807) is 0 Å². The number of likely N-dealkylation sites (N-methyl/N-ethyl adjacent to an activating group) is 1. The highest BCUT2D eigenvalue weighted by molar-refractivity contribution is 5.38. The van der Waals surface area contributed by atoms with E-state index in [0.29, 0.717) is 22.3 Å². The van der Waals surface area contributed by atoms with Crippen molar-refractivity contribution < 1.29 is 9.22 Å². The van der Waals surface area contributed by atoms with Crippen molar-refractivity contribution in [2.24, 2.45) is 39.4 Å². The molecule has 0 aromatic rings. The summed E-state index contributed by atoms with van der Waals surface area (Å²) in [5.41, 5.74) is 6.82. The third-order valence-corrected chi connectivity index (χ3v) is 12.7. The summed E-state index contributed by atoms with van der Waals surface area (Å²) in [5, 5.41) is 0. The minimum absolute atomic E-state index is 0.246. The summed E-state index contributed by atoms with van der Waals surface area (Å²) in [6.07, 6.45) is 16.4. The predicted molar refractivity (Wildman–Crippen MR) is 160 cm³/mol.